The van der Waals surface area contributed by atoms with Gasteiger partial charge in [0.15, 0.2) is 0 Å². The molecule has 7 heteroatoms. The summed E-state index contributed by atoms with van der Waals surface area (Å²) in [4.78, 5) is 25.3. The van der Waals surface area contributed by atoms with E-state index in [1.165, 1.54) is 0 Å². The number of nitrogens with zero attached hydrogens (tertiary/aromatic N) is 2. The van der Waals surface area contributed by atoms with Crippen molar-refractivity contribution in [3.8, 4) is 11.3 Å². The van der Waals surface area contributed by atoms with Gasteiger partial charge < -0.3 is 9.67 Å². The third kappa shape index (κ3) is 3.12. The molecular formula is C21H16N2O3S2. The summed E-state index contributed by atoms with van der Waals surface area (Å²) in [6.07, 6.45) is 1.83. The van der Waals surface area contributed by atoms with E-state index in [9.17, 15) is 9.59 Å². The quantitative estimate of drug-likeness (QED) is 0.519. The molecule has 2 heterocycles. The minimum absolute atomic E-state index is 0.264. The Balaban J connectivity index is 1.90. The number of amides is 1. The Kier molecular flexibility index (Phi) is 4.78. The number of para-hydroxylation sites is 1. The van der Waals surface area contributed by atoms with Gasteiger partial charge in [-0.15, -0.1) is 0 Å². The van der Waals surface area contributed by atoms with Crippen LogP contribution in [-0.2, 0) is 16.6 Å². The van der Waals surface area contributed by atoms with Gasteiger partial charge in [-0.3, -0.25) is 14.5 Å². The van der Waals surface area contributed by atoms with Crippen molar-refractivity contribution >= 4 is 57.2 Å². The molecule has 0 radical (unpaired) electrons. The second-order valence-electron chi connectivity index (χ2n) is 6.37. The van der Waals surface area contributed by atoms with Crippen LogP contribution in [0.2, 0.25) is 0 Å². The molecular weight excluding hydrogens is 392 g/mol. The van der Waals surface area contributed by atoms with Gasteiger partial charge in [-0.05, 0) is 17.7 Å². The number of aryl methyl sites for hydroxylation is 1. The highest BCUT2D eigenvalue weighted by atomic mass is 32.2. The van der Waals surface area contributed by atoms with Gasteiger partial charge in [0.1, 0.15) is 10.9 Å². The molecule has 1 saturated heterocycles. The Hall–Kier alpha value is -2.90. The fraction of sp³-hybridized carbons (Fsp3) is 0.0952. The Labute approximate surface area is 171 Å². The number of hydrogen-bond donors (Lipinski definition) is 1. The van der Waals surface area contributed by atoms with Crippen LogP contribution in [-0.4, -0.2) is 37.3 Å². The summed E-state index contributed by atoms with van der Waals surface area (Å²) in [5.41, 5.74) is 3.99. The van der Waals surface area contributed by atoms with Crippen molar-refractivity contribution in [2.75, 3.05) is 6.54 Å². The molecule has 1 aromatic heterocycles. The maximum absolute atomic E-state index is 12.7. The number of thiocarbonyl (C=S) groups is 1. The van der Waals surface area contributed by atoms with E-state index in [2.05, 4.69) is 4.57 Å². The van der Waals surface area contributed by atoms with E-state index in [1.54, 1.807) is 0 Å². The zero-order chi connectivity index (χ0) is 19.8. The molecule has 1 amide bonds. The standard InChI is InChI=1S/C21H16N2O3S2/c1-22-16-10-6-5-9-14(16)15(19(22)13-7-3-2-4-8-13)11-17-20(26)23(12-18(24)25)21(27)28-17/h2-11H,12H2,1H3,(H,24,25). The van der Waals surface area contributed by atoms with Crippen molar-refractivity contribution in [3.63, 3.8) is 0 Å². The summed E-state index contributed by atoms with van der Waals surface area (Å²) in [5, 5.41) is 10.1. The van der Waals surface area contributed by atoms with Gasteiger partial charge in [0.25, 0.3) is 5.91 Å². The van der Waals surface area contributed by atoms with Crippen LogP contribution < -0.4 is 0 Å². The maximum Gasteiger partial charge on any atom is 0.323 e. The molecule has 0 saturated carbocycles. The number of benzene rings is 2. The maximum atomic E-state index is 12.7. The molecule has 0 aliphatic carbocycles. The zero-order valence-electron chi connectivity index (χ0n) is 15.0. The van der Waals surface area contributed by atoms with Crippen LogP contribution in [0, 0.1) is 0 Å². The van der Waals surface area contributed by atoms with E-state index in [0.29, 0.717) is 4.91 Å². The minimum Gasteiger partial charge on any atom is -0.480 e. The zero-order valence-corrected chi connectivity index (χ0v) is 16.6. The molecule has 4 rings (SSSR count). The summed E-state index contributed by atoms with van der Waals surface area (Å²) in [6.45, 7) is -0.427. The lowest BCUT2D eigenvalue weighted by Gasteiger charge is -2.10. The average molecular weight is 409 g/mol. The van der Waals surface area contributed by atoms with Gasteiger partial charge in [-0.1, -0.05) is 72.5 Å². The highest BCUT2D eigenvalue weighted by Gasteiger charge is 2.34. The SMILES string of the molecule is Cn1c(-c2ccccc2)c(C=C2SC(=S)N(CC(=O)O)C2=O)c2ccccc21. The van der Waals surface area contributed by atoms with Crippen LogP contribution in [0.25, 0.3) is 28.2 Å². The Morgan fingerprint density at radius 3 is 2.54 bits per heavy atom. The monoisotopic (exact) mass is 408 g/mol. The van der Waals surface area contributed by atoms with Crippen molar-refractivity contribution in [2.24, 2.45) is 7.05 Å². The number of hydrogen-bond acceptors (Lipinski definition) is 4. The first kappa shape index (κ1) is 18.5. The van der Waals surface area contributed by atoms with Gasteiger partial charge in [-0.25, -0.2) is 0 Å². The van der Waals surface area contributed by atoms with Crippen LogP contribution in [0.3, 0.4) is 0 Å². The number of carboxylic acids is 1. The highest BCUT2D eigenvalue weighted by molar-refractivity contribution is 8.26. The van der Waals surface area contributed by atoms with Crippen molar-refractivity contribution in [1.82, 2.24) is 9.47 Å². The van der Waals surface area contributed by atoms with Crippen molar-refractivity contribution < 1.29 is 14.7 Å². The fourth-order valence-corrected chi connectivity index (χ4v) is 4.65. The fourth-order valence-electron chi connectivity index (χ4n) is 3.42. The molecule has 0 spiro atoms. The molecule has 0 atom stereocenters. The first-order valence-electron chi connectivity index (χ1n) is 8.57. The summed E-state index contributed by atoms with van der Waals surface area (Å²) < 4.78 is 2.37. The molecule has 1 aliphatic heterocycles. The van der Waals surface area contributed by atoms with Gasteiger partial charge in [-0.2, -0.15) is 0 Å². The van der Waals surface area contributed by atoms with Crippen molar-refractivity contribution in [1.29, 1.82) is 0 Å². The smallest absolute Gasteiger partial charge is 0.323 e. The number of thioether (sulfide) groups is 1. The third-order valence-electron chi connectivity index (χ3n) is 4.64. The number of aromatic nitrogens is 1. The Morgan fingerprint density at radius 1 is 1.14 bits per heavy atom. The summed E-state index contributed by atoms with van der Waals surface area (Å²) in [5.74, 6) is -1.46. The molecule has 0 unspecified atom stereocenters. The number of carbonyl (C=O) groups is 2. The first-order valence-corrected chi connectivity index (χ1v) is 9.80. The van der Waals surface area contributed by atoms with E-state index in [-0.39, 0.29) is 10.2 Å². The van der Waals surface area contributed by atoms with Gasteiger partial charge >= 0.3 is 5.97 Å². The average Bonchev–Trinajstić information content (AvgIpc) is 3.11. The third-order valence-corrected chi connectivity index (χ3v) is 6.01. The lowest BCUT2D eigenvalue weighted by Crippen LogP contribution is -2.33. The van der Waals surface area contributed by atoms with E-state index < -0.39 is 12.5 Å². The van der Waals surface area contributed by atoms with Gasteiger partial charge in [0.05, 0.1) is 10.6 Å². The largest absolute Gasteiger partial charge is 0.480 e. The second-order valence-corrected chi connectivity index (χ2v) is 8.04. The first-order chi connectivity index (χ1) is 13.5. The van der Waals surface area contributed by atoms with E-state index in [0.717, 1.165) is 44.4 Å². The number of carbonyl (C=O) groups excluding carboxylic acids is 1. The molecule has 1 fully saturated rings. The van der Waals surface area contributed by atoms with Crippen molar-refractivity contribution in [3.05, 3.63) is 65.1 Å². The van der Waals surface area contributed by atoms with Crippen LogP contribution in [0.1, 0.15) is 5.56 Å². The summed E-state index contributed by atoms with van der Waals surface area (Å²) in [6, 6.07) is 18.0. The van der Waals surface area contributed by atoms with Crippen LogP contribution in [0.5, 0.6) is 0 Å². The predicted molar refractivity (Wildman–Crippen MR) is 116 cm³/mol. The van der Waals surface area contributed by atoms with Crippen molar-refractivity contribution in [2.45, 2.75) is 0 Å². The molecule has 3 aromatic rings. The van der Waals surface area contributed by atoms with Crippen LogP contribution in [0.4, 0.5) is 0 Å². The molecule has 0 bridgehead atoms. The molecule has 140 valence electrons. The second kappa shape index (κ2) is 7.26. The molecule has 1 aliphatic rings. The molecule has 2 aromatic carbocycles. The number of aliphatic carboxylic acids is 1. The number of fused-ring (bicyclic) bond motifs is 1. The van der Waals surface area contributed by atoms with Gasteiger partial charge in [0.2, 0.25) is 0 Å². The lowest BCUT2D eigenvalue weighted by atomic mass is 10.0. The lowest BCUT2D eigenvalue weighted by molar-refractivity contribution is -0.140. The minimum atomic E-state index is -1.09. The van der Waals surface area contributed by atoms with E-state index >= 15 is 0 Å². The number of rotatable bonds is 4. The molecule has 28 heavy (non-hydrogen) atoms. The topological polar surface area (TPSA) is 62.5 Å². The van der Waals surface area contributed by atoms with E-state index in [1.807, 2.05) is 67.7 Å². The van der Waals surface area contributed by atoms with Crippen LogP contribution in [0.15, 0.2) is 59.5 Å². The predicted octanol–water partition coefficient (Wildman–Crippen LogP) is 4.13. The molecule has 5 nitrogen and oxygen atoms in total. The number of carboxylic acid groups (broad SMARTS) is 1. The summed E-state index contributed by atoms with van der Waals surface area (Å²) in [7, 11) is 2.00. The summed E-state index contributed by atoms with van der Waals surface area (Å²) >= 11 is 6.35. The Morgan fingerprint density at radius 2 is 1.82 bits per heavy atom. The van der Waals surface area contributed by atoms with Crippen LogP contribution >= 0.6 is 24.0 Å². The van der Waals surface area contributed by atoms with Gasteiger partial charge in [0, 0.05) is 23.5 Å². The Bertz CT molecular complexity index is 1150. The highest BCUT2D eigenvalue weighted by Crippen LogP contribution is 2.38. The van der Waals surface area contributed by atoms with E-state index in [4.69, 9.17) is 17.3 Å². The normalized spacial score (nSPS) is 15.8. The molecule has 1 N–H and O–H groups in total.